The van der Waals surface area contributed by atoms with Crippen molar-refractivity contribution in [2.24, 2.45) is 0 Å². The molecule has 0 unspecified atom stereocenters. The monoisotopic (exact) mass is 329 g/mol. The highest BCUT2D eigenvalue weighted by Crippen LogP contribution is 2.33. The molecule has 2 heterocycles. The highest BCUT2D eigenvalue weighted by Gasteiger charge is 2.14. The molecule has 6 heteroatoms. The molecule has 3 rings (SSSR count). The normalized spacial score (nSPS) is 9.91. The summed E-state index contributed by atoms with van der Waals surface area (Å²) in [5, 5.41) is 3.35. The molecule has 0 saturated carbocycles. The van der Waals surface area contributed by atoms with Gasteiger partial charge in [-0.1, -0.05) is 43.4 Å². The standard InChI is InChI=1S/C15H13N3O2S.C2H6/c1-9-8-16-14(20-2)11-12(9)21-15(17-11)18-13(19)10-6-4-3-5-7-10;1-2/h3-8H,1-2H3,(H,17,18,19);1-2H3. The predicted molar refractivity (Wildman–Crippen MR) is 94.4 cm³/mol. The van der Waals surface area contributed by atoms with Crippen molar-refractivity contribution in [3.05, 3.63) is 47.7 Å². The van der Waals surface area contributed by atoms with Crippen LogP contribution in [0.1, 0.15) is 29.8 Å². The van der Waals surface area contributed by atoms with Crippen molar-refractivity contribution in [2.75, 3.05) is 12.4 Å². The van der Waals surface area contributed by atoms with Crippen LogP contribution in [-0.2, 0) is 0 Å². The van der Waals surface area contributed by atoms with Gasteiger partial charge in [-0.25, -0.2) is 9.97 Å². The number of nitrogens with zero attached hydrogens (tertiary/aromatic N) is 2. The Balaban J connectivity index is 0.000000924. The van der Waals surface area contributed by atoms with Gasteiger partial charge in [-0.15, -0.1) is 0 Å². The van der Waals surface area contributed by atoms with Gasteiger partial charge in [-0.2, -0.15) is 0 Å². The van der Waals surface area contributed by atoms with E-state index in [9.17, 15) is 4.79 Å². The maximum Gasteiger partial charge on any atom is 0.257 e. The van der Waals surface area contributed by atoms with Crippen LogP contribution in [0.3, 0.4) is 0 Å². The second kappa shape index (κ2) is 7.69. The highest BCUT2D eigenvalue weighted by atomic mass is 32.1. The lowest BCUT2D eigenvalue weighted by atomic mass is 10.2. The first-order valence-electron chi connectivity index (χ1n) is 7.35. The fourth-order valence-electron chi connectivity index (χ4n) is 1.97. The van der Waals surface area contributed by atoms with E-state index >= 15 is 0 Å². The first kappa shape index (κ1) is 16.9. The lowest BCUT2D eigenvalue weighted by molar-refractivity contribution is 0.102. The molecule has 5 nitrogen and oxygen atoms in total. The zero-order valence-electron chi connectivity index (χ0n) is 13.6. The number of anilines is 1. The molecule has 0 aliphatic heterocycles. The van der Waals surface area contributed by atoms with Crippen molar-refractivity contribution in [3.63, 3.8) is 0 Å². The van der Waals surface area contributed by atoms with Gasteiger partial charge in [-0.3, -0.25) is 10.1 Å². The predicted octanol–water partition coefficient (Wildman–Crippen LogP) is 4.29. The fraction of sp³-hybridized carbons (Fsp3) is 0.235. The summed E-state index contributed by atoms with van der Waals surface area (Å²) in [4.78, 5) is 20.7. The van der Waals surface area contributed by atoms with Crippen molar-refractivity contribution >= 4 is 32.6 Å². The van der Waals surface area contributed by atoms with Crippen molar-refractivity contribution in [2.45, 2.75) is 20.8 Å². The van der Waals surface area contributed by atoms with Crippen LogP contribution in [0.15, 0.2) is 36.5 Å². The number of carbonyl (C=O) groups is 1. The van der Waals surface area contributed by atoms with Crippen molar-refractivity contribution in [1.29, 1.82) is 0 Å². The molecule has 1 aromatic carbocycles. The van der Waals surface area contributed by atoms with E-state index in [0.29, 0.717) is 22.1 Å². The molecule has 1 amide bonds. The minimum atomic E-state index is -0.181. The van der Waals surface area contributed by atoms with E-state index in [0.717, 1.165) is 10.3 Å². The van der Waals surface area contributed by atoms with Crippen LogP contribution in [0.4, 0.5) is 5.13 Å². The first-order valence-corrected chi connectivity index (χ1v) is 8.17. The molecule has 0 bridgehead atoms. The number of benzene rings is 1. The number of thiazole rings is 1. The molecule has 0 radical (unpaired) electrons. The zero-order chi connectivity index (χ0) is 16.8. The Morgan fingerprint density at radius 1 is 1.22 bits per heavy atom. The molecular weight excluding hydrogens is 310 g/mol. The molecule has 1 N–H and O–H groups in total. The Morgan fingerprint density at radius 3 is 2.57 bits per heavy atom. The van der Waals surface area contributed by atoms with Gasteiger partial charge in [0.1, 0.15) is 5.52 Å². The smallest absolute Gasteiger partial charge is 0.257 e. The van der Waals surface area contributed by atoms with E-state index in [-0.39, 0.29) is 5.91 Å². The van der Waals surface area contributed by atoms with E-state index in [4.69, 9.17) is 4.74 Å². The van der Waals surface area contributed by atoms with Crippen LogP contribution in [0.25, 0.3) is 10.2 Å². The minimum Gasteiger partial charge on any atom is -0.479 e. The Kier molecular flexibility index (Phi) is 5.65. The number of hydrogen-bond acceptors (Lipinski definition) is 5. The van der Waals surface area contributed by atoms with E-state index < -0.39 is 0 Å². The molecule has 0 aliphatic rings. The number of ether oxygens (including phenoxy) is 1. The Bertz CT molecular complexity index is 800. The summed E-state index contributed by atoms with van der Waals surface area (Å²) >= 11 is 1.41. The summed E-state index contributed by atoms with van der Waals surface area (Å²) in [6, 6.07) is 9.04. The van der Waals surface area contributed by atoms with Crippen molar-refractivity contribution in [1.82, 2.24) is 9.97 Å². The summed E-state index contributed by atoms with van der Waals surface area (Å²) in [5.41, 5.74) is 2.27. The lowest BCUT2D eigenvalue weighted by Crippen LogP contribution is -2.11. The van der Waals surface area contributed by atoms with Crippen LogP contribution >= 0.6 is 11.3 Å². The van der Waals surface area contributed by atoms with Gasteiger partial charge in [0.05, 0.1) is 11.8 Å². The van der Waals surface area contributed by atoms with E-state index in [2.05, 4.69) is 15.3 Å². The number of amides is 1. The van der Waals surface area contributed by atoms with Crippen LogP contribution < -0.4 is 10.1 Å². The fourth-order valence-corrected chi connectivity index (χ4v) is 2.89. The number of carbonyl (C=O) groups excluding carboxylic acids is 1. The maximum atomic E-state index is 12.1. The summed E-state index contributed by atoms with van der Waals surface area (Å²) in [7, 11) is 1.55. The summed E-state index contributed by atoms with van der Waals surface area (Å²) in [5.74, 6) is 0.284. The number of rotatable bonds is 3. The van der Waals surface area contributed by atoms with E-state index in [1.165, 1.54) is 11.3 Å². The second-order valence-corrected chi connectivity index (χ2v) is 5.47. The number of fused-ring (bicyclic) bond motifs is 1. The van der Waals surface area contributed by atoms with Crippen LogP contribution in [0, 0.1) is 6.92 Å². The largest absolute Gasteiger partial charge is 0.479 e. The van der Waals surface area contributed by atoms with Crippen LogP contribution in [0.5, 0.6) is 5.88 Å². The summed E-state index contributed by atoms with van der Waals surface area (Å²) in [6.45, 7) is 5.95. The first-order chi connectivity index (χ1) is 11.2. The van der Waals surface area contributed by atoms with Gasteiger partial charge in [0.15, 0.2) is 5.13 Å². The Morgan fingerprint density at radius 2 is 1.91 bits per heavy atom. The SMILES string of the molecule is CC.COc1ncc(C)c2sc(NC(=O)c3ccccc3)nc12. The molecular formula is C17H19N3O2S. The summed E-state index contributed by atoms with van der Waals surface area (Å²) < 4.78 is 6.17. The number of methoxy groups -OCH3 is 1. The zero-order valence-corrected chi connectivity index (χ0v) is 14.4. The van der Waals surface area contributed by atoms with Crippen molar-refractivity contribution < 1.29 is 9.53 Å². The van der Waals surface area contributed by atoms with Crippen molar-refractivity contribution in [3.8, 4) is 5.88 Å². The molecule has 0 fully saturated rings. The number of hydrogen-bond donors (Lipinski definition) is 1. The Hall–Kier alpha value is -2.47. The van der Waals surface area contributed by atoms with E-state index in [1.807, 2.05) is 39.0 Å². The molecule has 3 aromatic rings. The third kappa shape index (κ3) is 3.65. The number of nitrogens with one attached hydrogen (secondary N) is 1. The molecule has 0 atom stereocenters. The molecule has 120 valence electrons. The number of aromatic nitrogens is 2. The van der Waals surface area contributed by atoms with Gasteiger partial charge in [0.2, 0.25) is 5.88 Å². The lowest BCUT2D eigenvalue weighted by Gasteiger charge is -2.00. The summed E-state index contributed by atoms with van der Waals surface area (Å²) in [6.07, 6.45) is 1.74. The third-order valence-corrected chi connectivity index (χ3v) is 4.12. The average Bonchev–Trinajstić information content (AvgIpc) is 3.02. The molecule has 0 spiro atoms. The van der Waals surface area contributed by atoms with Gasteiger partial charge < -0.3 is 4.74 Å². The highest BCUT2D eigenvalue weighted by molar-refractivity contribution is 7.22. The van der Waals surface area contributed by atoms with Gasteiger partial charge in [-0.05, 0) is 24.6 Å². The molecule has 0 saturated heterocycles. The van der Waals surface area contributed by atoms with Gasteiger partial charge in [0.25, 0.3) is 5.91 Å². The van der Waals surface area contributed by atoms with Gasteiger partial charge >= 0.3 is 0 Å². The van der Waals surface area contributed by atoms with Crippen LogP contribution in [0.2, 0.25) is 0 Å². The number of pyridine rings is 1. The van der Waals surface area contributed by atoms with E-state index in [1.54, 1.807) is 25.4 Å². The second-order valence-electron chi connectivity index (χ2n) is 4.47. The van der Waals surface area contributed by atoms with Crippen LogP contribution in [-0.4, -0.2) is 23.0 Å². The maximum absolute atomic E-state index is 12.1. The topological polar surface area (TPSA) is 64.1 Å². The van der Waals surface area contributed by atoms with Gasteiger partial charge in [0, 0.05) is 11.8 Å². The quantitative estimate of drug-likeness (QED) is 0.778. The third-order valence-electron chi connectivity index (χ3n) is 3.01. The Labute approximate surface area is 139 Å². The average molecular weight is 329 g/mol. The molecule has 0 aliphatic carbocycles. The number of aryl methyl sites for hydroxylation is 1. The minimum absolute atomic E-state index is 0.181. The molecule has 2 aromatic heterocycles. The molecule has 23 heavy (non-hydrogen) atoms.